The van der Waals surface area contributed by atoms with Gasteiger partial charge in [-0.05, 0) is 62.0 Å². The number of piperidine rings is 1. The van der Waals surface area contributed by atoms with Gasteiger partial charge in [0.1, 0.15) is 18.0 Å². The van der Waals surface area contributed by atoms with Crippen LogP contribution in [-0.2, 0) is 21.4 Å². The third-order valence-corrected chi connectivity index (χ3v) is 6.63. The average molecular weight is 299 g/mol. The lowest BCUT2D eigenvalue weighted by atomic mass is 9.48. The monoisotopic (exact) mass is 299 g/mol. The van der Waals surface area contributed by atoms with Crippen molar-refractivity contribution in [1.82, 2.24) is 4.90 Å². The molecule has 0 spiro atoms. The molecule has 0 radical (unpaired) electrons. The minimum Gasteiger partial charge on any atom is -0.497 e. The van der Waals surface area contributed by atoms with E-state index in [1.54, 1.807) is 7.11 Å². The SMILES string of the molecule is COc1ccc2c(c1)[C@]13CCN(C)[C@H](C2)[C@@H]1CC1OC3C1=O. The van der Waals surface area contributed by atoms with Gasteiger partial charge in [0.15, 0.2) is 5.78 Å². The van der Waals surface area contributed by atoms with Crippen LogP contribution in [0, 0.1) is 5.92 Å². The lowest BCUT2D eigenvalue weighted by molar-refractivity contribution is -0.225. The van der Waals surface area contributed by atoms with E-state index in [2.05, 4.69) is 24.1 Å². The second kappa shape index (κ2) is 4.12. The van der Waals surface area contributed by atoms with Crippen LogP contribution < -0.4 is 4.74 Å². The third-order valence-electron chi connectivity index (χ3n) is 6.63. The van der Waals surface area contributed by atoms with E-state index in [9.17, 15) is 4.79 Å². The predicted octanol–water partition coefficient (Wildman–Crippen LogP) is 1.55. The van der Waals surface area contributed by atoms with Crippen LogP contribution in [0.5, 0.6) is 5.75 Å². The van der Waals surface area contributed by atoms with Gasteiger partial charge in [-0.2, -0.15) is 0 Å². The molecule has 4 heteroatoms. The zero-order valence-electron chi connectivity index (χ0n) is 13.0. The fourth-order valence-electron chi connectivity index (χ4n) is 5.52. The van der Waals surface area contributed by atoms with Crippen LogP contribution in [-0.4, -0.2) is 49.6 Å². The number of likely N-dealkylation sites (N-methyl/N-ethyl adjacent to an activating group) is 1. The quantitative estimate of drug-likeness (QED) is 0.789. The molecule has 4 bridgehead atoms. The summed E-state index contributed by atoms with van der Waals surface area (Å²) in [4.78, 5) is 15.0. The highest BCUT2D eigenvalue weighted by atomic mass is 16.5. The van der Waals surface area contributed by atoms with Gasteiger partial charge in [0.25, 0.3) is 0 Å². The molecule has 2 aliphatic carbocycles. The van der Waals surface area contributed by atoms with E-state index in [1.807, 2.05) is 6.07 Å². The second-order valence-corrected chi connectivity index (χ2v) is 7.31. The first-order chi connectivity index (χ1) is 10.6. The summed E-state index contributed by atoms with van der Waals surface area (Å²) in [5.74, 6) is 1.75. The number of carbonyl (C=O) groups excluding carboxylic acids is 1. The van der Waals surface area contributed by atoms with Crippen molar-refractivity contribution < 1.29 is 14.3 Å². The Hall–Kier alpha value is -1.39. The summed E-state index contributed by atoms with van der Waals surface area (Å²) in [6.45, 7) is 1.04. The van der Waals surface area contributed by atoms with Gasteiger partial charge >= 0.3 is 0 Å². The first kappa shape index (κ1) is 13.1. The number of hydrogen-bond donors (Lipinski definition) is 0. The fraction of sp³-hybridized carbons (Fsp3) is 0.611. The van der Waals surface area contributed by atoms with Gasteiger partial charge in [-0.1, -0.05) is 6.07 Å². The summed E-state index contributed by atoms with van der Waals surface area (Å²) in [6.07, 6.45) is 2.62. The minimum absolute atomic E-state index is 0.120. The zero-order valence-corrected chi connectivity index (χ0v) is 13.0. The summed E-state index contributed by atoms with van der Waals surface area (Å²) in [5, 5.41) is 0. The number of benzene rings is 1. The van der Waals surface area contributed by atoms with Crippen molar-refractivity contribution in [3.63, 3.8) is 0 Å². The molecule has 5 aliphatic rings. The molecule has 4 nitrogen and oxygen atoms in total. The van der Waals surface area contributed by atoms with Crippen LogP contribution in [0.15, 0.2) is 18.2 Å². The van der Waals surface area contributed by atoms with Crippen molar-refractivity contribution in [3.8, 4) is 5.75 Å². The molecular formula is C18H21NO3. The Morgan fingerprint density at radius 3 is 3.05 bits per heavy atom. The van der Waals surface area contributed by atoms with Gasteiger partial charge in [-0.15, -0.1) is 0 Å². The zero-order chi connectivity index (χ0) is 15.1. The first-order valence-electron chi connectivity index (χ1n) is 8.22. The van der Waals surface area contributed by atoms with Crippen molar-refractivity contribution in [3.05, 3.63) is 29.3 Å². The van der Waals surface area contributed by atoms with Crippen LogP contribution >= 0.6 is 0 Å². The number of hydrogen-bond acceptors (Lipinski definition) is 4. The Morgan fingerprint density at radius 2 is 2.27 bits per heavy atom. The average Bonchev–Trinajstić information content (AvgIpc) is 2.56. The van der Waals surface area contributed by atoms with Crippen molar-refractivity contribution in [2.45, 2.75) is 42.9 Å². The Morgan fingerprint density at radius 1 is 1.41 bits per heavy atom. The van der Waals surface area contributed by atoms with Gasteiger partial charge in [0, 0.05) is 11.5 Å². The van der Waals surface area contributed by atoms with Crippen LogP contribution in [0.1, 0.15) is 24.0 Å². The standard InChI is InChI=1S/C18H21NO3/c1-19-6-5-18-12-8-11(21-2)4-3-10(12)7-14(19)13(18)9-15-16(20)17(18)22-15/h3-4,8,13-15,17H,5-7,9H2,1-2H3/t13-,14+,15?,17?,18+/m0/s1. The largest absolute Gasteiger partial charge is 0.497 e. The highest BCUT2D eigenvalue weighted by Crippen LogP contribution is 2.59. The number of rotatable bonds is 1. The maximum atomic E-state index is 12.5. The second-order valence-electron chi connectivity index (χ2n) is 7.31. The maximum absolute atomic E-state index is 12.5. The van der Waals surface area contributed by atoms with Crippen LogP contribution in [0.4, 0.5) is 0 Å². The van der Waals surface area contributed by atoms with E-state index in [4.69, 9.17) is 9.47 Å². The number of Topliss-reactive ketones (excluding diaryl/α,β-unsaturated/α-hetero) is 1. The van der Waals surface area contributed by atoms with Crippen LogP contribution in [0.2, 0.25) is 0 Å². The molecule has 1 aromatic rings. The van der Waals surface area contributed by atoms with Crippen molar-refractivity contribution in [2.24, 2.45) is 5.92 Å². The molecule has 22 heavy (non-hydrogen) atoms. The molecule has 6 rings (SSSR count). The number of ketones is 1. The number of likely N-dealkylation sites (tertiary alicyclic amines) is 1. The summed E-state index contributed by atoms with van der Waals surface area (Å²) < 4.78 is 11.4. The van der Waals surface area contributed by atoms with E-state index in [0.717, 1.165) is 31.6 Å². The van der Waals surface area contributed by atoms with Gasteiger partial charge in [-0.3, -0.25) is 4.79 Å². The van der Waals surface area contributed by atoms with E-state index in [0.29, 0.717) is 17.7 Å². The summed E-state index contributed by atoms with van der Waals surface area (Å²) in [7, 11) is 3.94. The van der Waals surface area contributed by atoms with Crippen LogP contribution in [0.3, 0.4) is 0 Å². The van der Waals surface area contributed by atoms with Gasteiger partial charge < -0.3 is 14.4 Å². The molecule has 3 heterocycles. The fourth-order valence-corrected chi connectivity index (χ4v) is 5.52. The van der Waals surface area contributed by atoms with Gasteiger partial charge in [0.2, 0.25) is 0 Å². The highest BCUT2D eigenvalue weighted by Gasteiger charge is 2.68. The molecular weight excluding hydrogens is 278 g/mol. The molecule has 0 amide bonds. The van der Waals surface area contributed by atoms with Crippen molar-refractivity contribution in [1.29, 1.82) is 0 Å². The van der Waals surface area contributed by atoms with Crippen molar-refractivity contribution >= 4 is 5.78 Å². The Labute approximate surface area is 130 Å². The molecule has 5 atom stereocenters. The smallest absolute Gasteiger partial charge is 0.191 e. The minimum atomic E-state index is -0.224. The lowest BCUT2D eigenvalue weighted by Crippen LogP contribution is -2.75. The van der Waals surface area contributed by atoms with Crippen molar-refractivity contribution in [2.75, 3.05) is 20.7 Å². The molecule has 2 unspecified atom stereocenters. The number of fused-ring (bicyclic) bond motifs is 1. The van der Waals surface area contributed by atoms with Gasteiger partial charge in [0.05, 0.1) is 7.11 Å². The molecule has 3 saturated heterocycles. The Kier molecular flexibility index (Phi) is 2.45. The number of carbonyl (C=O) groups is 1. The molecule has 3 aliphatic heterocycles. The molecule has 0 aromatic heterocycles. The maximum Gasteiger partial charge on any atom is 0.191 e. The van der Waals surface area contributed by atoms with E-state index < -0.39 is 0 Å². The Balaban J connectivity index is 1.74. The molecule has 1 aromatic carbocycles. The number of nitrogens with zero attached hydrogens (tertiary/aromatic N) is 1. The summed E-state index contributed by atoms with van der Waals surface area (Å²) in [6, 6.07) is 6.93. The third kappa shape index (κ3) is 1.34. The molecule has 0 N–H and O–H groups in total. The van der Waals surface area contributed by atoms with Crippen LogP contribution in [0.25, 0.3) is 0 Å². The molecule has 116 valence electrons. The Bertz CT molecular complexity index is 672. The molecule has 1 saturated carbocycles. The number of ether oxygens (including phenoxy) is 2. The van der Waals surface area contributed by atoms with E-state index in [-0.39, 0.29) is 17.6 Å². The van der Waals surface area contributed by atoms with E-state index in [1.165, 1.54) is 11.1 Å². The lowest BCUT2D eigenvalue weighted by Gasteiger charge is -2.65. The highest BCUT2D eigenvalue weighted by molar-refractivity contribution is 5.95. The number of methoxy groups -OCH3 is 1. The summed E-state index contributed by atoms with van der Waals surface area (Å²) >= 11 is 0. The predicted molar refractivity (Wildman–Crippen MR) is 81.2 cm³/mol. The molecule has 4 fully saturated rings. The van der Waals surface area contributed by atoms with Gasteiger partial charge in [-0.25, -0.2) is 0 Å². The topological polar surface area (TPSA) is 38.8 Å². The summed E-state index contributed by atoms with van der Waals surface area (Å²) in [5.41, 5.74) is 2.57. The van der Waals surface area contributed by atoms with E-state index >= 15 is 0 Å². The normalized spacial score (nSPS) is 42.2. The first-order valence-corrected chi connectivity index (χ1v) is 8.22.